The van der Waals surface area contributed by atoms with Gasteiger partial charge in [0, 0.05) is 16.6 Å². The Bertz CT molecular complexity index is 485. The Morgan fingerprint density at radius 2 is 1.89 bits per heavy atom. The van der Waals surface area contributed by atoms with Crippen LogP contribution in [0.4, 0.5) is 8.78 Å². The fourth-order valence-corrected chi connectivity index (χ4v) is 2.82. The second kappa shape index (κ2) is 6.33. The Kier molecular flexibility index (Phi) is 5.34. The minimum atomic E-state index is -3.66. The highest BCUT2D eigenvalue weighted by molar-refractivity contribution is 8.13. The first-order valence-electron chi connectivity index (χ1n) is 5.32. The number of benzene rings is 1. The summed E-state index contributed by atoms with van der Waals surface area (Å²) in [5.74, 6) is -2.84. The first-order chi connectivity index (χ1) is 8.33. The fraction of sp³-hybridized carbons (Fsp3) is 0.455. The van der Waals surface area contributed by atoms with Gasteiger partial charge in [0.1, 0.15) is 0 Å². The van der Waals surface area contributed by atoms with Gasteiger partial charge in [-0.15, -0.1) is 0 Å². The van der Waals surface area contributed by atoms with Gasteiger partial charge in [-0.3, -0.25) is 0 Å². The lowest BCUT2D eigenvalue weighted by atomic mass is 10.1. The summed E-state index contributed by atoms with van der Waals surface area (Å²) >= 11 is 0. The van der Waals surface area contributed by atoms with E-state index in [0.717, 1.165) is 12.1 Å². The molecule has 0 saturated heterocycles. The lowest BCUT2D eigenvalue weighted by Crippen LogP contribution is -2.19. The topological polar surface area (TPSA) is 43.4 Å². The second-order valence-electron chi connectivity index (χ2n) is 3.84. The average Bonchev–Trinajstić information content (AvgIpc) is 2.25. The zero-order valence-electron chi connectivity index (χ0n) is 9.70. The molecule has 0 saturated carbocycles. The Labute approximate surface area is 109 Å². The van der Waals surface area contributed by atoms with E-state index in [2.05, 4.69) is 0 Å². The Hall–Kier alpha value is -0.880. The van der Waals surface area contributed by atoms with E-state index in [1.807, 2.05) is 0 Å². The van der Waals surface area contributed by atoms with E-state index in [9.17, 15) is 17.2 Å². The molecule has 0 amide bonds. The van der Waals surface area contributed by atoms with Crippen LogP contribution < -0.4 is 4.74 Å². The molecule has 0 aliphatic rings. The normalized spacial score (nSPS) is 13.3. The quantitative estimate of drug-likeness (QED) is 0.758. The SMILES string of the molecule is CCC(COc1c(F)cccc1F)CS(=O)(=O)Cl. The van der Waals surface area contributed by atoms with Crippen LogP contribution >= 0.6 is 10.7 Å². The van der Waals surface area contributed by atoms with Crippen molar-refractivity contribution in [2.24, 2.45) is 5.92 Å². The third-order valence-electron chi connectivity index (χ3n) is 2.39. The van der Waals surface area contributed by atoms with Crippen LogP contribution in [0.15, 0.2) is 18.2 Å². The molecule has 1 aromatic carbocycles. The van der Waals surface area contributed by atoms with Crippen LogP contribution in [0, 0.1) is 17.6 Å². The summed E-state index contributed by atoms with van der Waals surface area (Å²) in [6.07, 6.45) is 0.474. The van der Waals surface area contributed by atoms with Gasteiger partial charge in [-0.1, -0.05) is 13.0 Å². The van der Waals surface area contributed by atoms with Crippen LogP contribution in [-0.2, 0) is 9.05 Å². The molecule has 0 radical (unpaired) electrons. The van der Waals surface area contributed by atoms with Gasteiger partial charge in [0.2, 0.25) is 9.05 Å². The zero-order chi connectivity index (χ0) is 13.8. The van der Waals surface area contributed by atoms with Crippen LogP contribution in [0.3, 0.4) is 0 Å². The molecule has 0 spiro atoms. The highest BCUT2D eigenvalue weighted by Crippen LogP contribution is 2.22. The molecule has 3 nitrogen and oxygen atoms in total. The molecular weight excluding hydrogens is 286 g/mol. The molecule has 0 fully saturated rings. The lowest BCUT2D eigenvalue weighted by molar-refractivity contribution is 0.236. The van der Waals surface area contributed by atoms with Crippen LogP contribution in [-0.4, -0.2) is 20.8 Å². The van der Waals surface area contributed by atoms with E-state index in [0.29, 0.717) is 6.42 Å². The van der Waals surface area contributed by atoms with Crippen molar-refractivity contribution in [3.8, 4) is 5.75 Å². The van der Waals surface area contributed by atoms with Gasteiger partial charge in [-0.25, -0.2) is 17.2 Å². The Morgan fingerprint density at radius 1 is 1.33 bits per heavy atom. The number of hydrogen-bond donors (Lipinski definition) is 0. The third-order valence-corrected chi connectivity index (χ3v) is 3.64. The zero-order valence-corrected chi connectivity index (χ0v) is 11.3. The maximum absolute atomic E-state index is 13.2. The van der Waals surface area contributed by atoms with Crippen molar-refractivity contribution in [1.29, 1.82) is 0 Å². The standard InChI is InChI=1S/C11H13ClF2O3S/c1-2-8(7-18(12,15)16)6-17-11-9(13)4-3-5-10(11)14/h3-5,8H,2,6-7H2,1H3. The van der Waals surface area contributed by atoms with Gasteiger partial charge in [0.05, 0.1) is 12.4 Å². The largest absolute Gasteiger partial charge is 0.487 e. The number of rotatable bonds is 6. The molecule has 0 bridgehead atoms. The van der Waals surface area contributed by atoms with Crippen molar-refractivity contribution in [2.45, 2.75) is 13.3 Å². The summed E-state index contributed by atoms with van der Waals surface area (Å²) in [5, 5.41) is 0. The van der Waals surface area contributed by atoms with Crippen molar-refractivity contribution >= 4 is 19.7 Å². The van der Waals surface area contributed by atoms with Crippen molar-refractivity contribution in [1.82, 2.24) is 0 Å². The van der Waals surface area contributed by atoms with Crippen LogP contribution in [0.25, 0.3) is 0 Å². The predicted molar refractivity (Wildman–Crippen MR) is 65.3 cm³/mol. The summed E-state index contributed by atoms with van der Waals surface area (Å²) in [4.78, 5) is 0. The molecule has 0 aliphatic carbocycles. The van der Waals surface area contributed by atoms with Gasteiger partial charge >= 0.3 is 0 Å². The number of halogens is 3. The monoisotopic (exact) mass is 298 g/mol. The minimum Gasteiger partial charge on any atom is -0.487 e. The fourth-order valence-electron chi connectivity index (χ4n) is 1.39. The molecule has 0 heterocycles. The number of ether oxygens (including phenoxy) is 1. The summed E-state index contributed by atoms with van der Waals surface area (Å²) < 4.78 is 53.3. The van der Waals surface area contributed by atoms with E-state index in [4.69, 9.17) is 15.4 Å². The van der Waals surface area contributed by atoms with Gasteiger partial charge in [0.25, 0.3) is 0 Å². The van der Waals surface area contributed by atoms with Crippen molar-refractivity contribution in [3.63, 3.8) is 0 Å². The molecule has 102 valence electrons. The van der Waals surface area contributed by atoms with Gasteiger partial charge in [-0.05, 0) is 18.6 Å². The molecule has 0 N–H and O–H groups in total. The molecule has 1 atom stereocenters. The molecule has 0 aromatic heterocycles. The maximum atomic E-state index is 13.2. The number of para-hydroxylation sites is 1. The summed E-state index contributed by atoms with van der Waals surface area (Å²) in [5.41, 5.74) is 0. The van der Waals surface area contributed by atoms with Gasteiger partial charge < -0.3 is 4.74 Å². The van der Waals surface area contributed by atoms with E-state index in [1.165, 1.54) is 6.07 Å². The maximum Gasteiger partial charge on any atom is 0.232 e. The third kappa shape index (κ3) is 4.78. The van der Waals surface area contributed by atoms with Crippen LogP contribution in [0.2, 0.25) is 0 Å². The minimum absolute atomic E-state index is 0.111. The van der Waals surface area contributed by atoms with E-state index in [-0.39, 0.29) is 12.4 Å². The van der Waals surface area contributed by atoms with Crippen LogP contribution in [0.5, 0.6) is 5.75 Å². The predicted octanol–water partition coefficient (Wildman–Crippen LogP) is 2.94. The summed E-state index contributed by atoms with van der Waals surface area (Å²) in [6, 6.07) is 3.35. The first-order valence-corrected chi connectivity index (χ1v) is 7.80. The molecule has 0 aliphatic heterocycles. The highest BCUT2D eigenvalue weighted by Gasteiger charge is 2.18. The van der Waals surface area contributed by atoms with Crippen molar-refractivity contribution in [2.75, 3.05) is 12.4 Å². The Morgan fingerprint density at radius 3 is 2.33 bits per heavy atom. The summed E-state index contributed by atoms with van der Waals surface area (Å²) in [7, 11) is 1.46. The molecule has 1 aromatic rings. The average molecular weight is 299 g/mol. The van der Waals surface area contributed by atoms with E-state index >= 15 is 0 Å². The molecule has 7 heteroatoms. The Balaban J connectivity index is 2.69. The highest BCUT2D eigenvalue weighted by atomic mass is 35.7. The van der Waals surface area contributed by atoms with Crippen LogP contribution in [0.1, 0.15) is 13.3 Å². The smallest absolute Gasteiger partial charge is 0.232 e. The van der Waals surface area contributed by atoms with Gasteiger partial charge in [0.15, 0.2) is 17.4 Å². The van der Waals surface area contributed by atoms with E-state index < -0.39 is 32.4 Å². The second-order valence-corrected chi connectivity index (χ2v) is 6.66. The van der Waals surface area contributed by atoms with Crippen molar-refractivity contribution in [3.05, 3.63) is 29.8 Å². The molecule has 1 unspecified atom stereocenters. The molecular formula is C11H13ClF2O3S. The first kappa shape index (κ1) is 15.2. The van der Waals surface area contributed by atoms with E-state index in [1.54, 1.807) is 6.92 Å². The molecule has 1 rings (SSSR count). The molecule has 18 heavy (non-hydrogen) atoms. The van der Waals surface area contributed by atoms with Crippen molar-refractivity contribution < 1.29 is 21.9 Å². The summed E-state index contributed by atoms with van der Waals surface area (Å²) in [6.45, 7) is 1.63. The lowest BCUT2D eigenvalue weighted by Gasteiger charge is -2.14. The van der Waals surface area contributed by atoms with Gasteiger partial charge in [-0.2, -0.15) is 0 Å². The number of hydrogen-bond acceptors (Lipinski definition) is 3.